The van der Waals surface area contributed by atoms with Gasteiger partial charge in [0.05, 0.1) is 11.4 Å². The molecule has 21 heavy (non-hydrogen) atoms. The van der Waals surface area contributed by atoms with Gasteiger partial charge in [-0.15, -0.1) is 5.10 Å². The third-order valence-corrected chi connectivity index (χ3v) is 3.82. The van der Waals surface area contributed by atoms with Gasteiger partial charge in [0.25, 0.3) is 0 Å². The Hall–Kier alpha value is -1.89. The highest BCUT2D eigenvalue weighted by molar-refractivity contribution is 7.99. The first kappa shape index (κ1) is 15.5. The van der Waals surface area contributed by atoms with Crippen molar-refractivity contribution < 1.29 is 4.79 Å². The maximum atomic E-state index is 11.9. The zero-order chi connectivity index (χ0) is 15.1. The fourth-order valence-corrected chi connectivity index (χ4v) is 2.65. The number of nitrogens with one attached hydrogen (secondary N) is 1. The summed E-state index contributed by atoms with van der Waals surface area (Å²) in [6.07, 6.45) is 2.04. The standard InChI is InChI=1S/C14H19N5OS/c1-3-7-11(2)15-13(20)10-21-14-16-17-18-19(14)12-8-5-4-6-9-12/h4-6,8-9,11H,3,7,10H2,1-2H3,(H,15,20)/t11-/m0/s1. The molecule has 2 aromatic rings. The molecule has 0 fully saturated rings. The molecule has 2 rings (SSSR count). The Balaban J connectivity index is 1.93. The third kappa shape index (κ3) is 4.56. The van der Waals surface area contributed by atoms with Crippen LogP contribution in [0.1, 0.15) is 26.7 Å². The van der Waals surface area contributed by atoms with Gasteiger partial charge >= 0.3 is 0 Å². The zero-order valence-corrected chi connectivity index (χ0v) is 13.0. The van der Waals surface area contributed by atoms with Crippen molar-refractivity contribution >= 4 is 17.7 Å². The number of amides is 1. The predicted molar refractivity (Wildman–Crippen MR) is 82.4 cm³/mol. The Morgan fingerprint density at radius 1 is 1.38 bits per heavy atom. The third-order valence-electron chi connectivity index (χ3n) is 2.90. The van der Waals surface area contributed by atoms with E-state index < -0.39 is 0 Å². The molecule has 1 N–H and O–H groups in total. The van der Waals surface area contributed by atoms with E-state index in [1.54, 1.807) is 4.68 Å². The molecule has 0 aliphatic rings. The second-order valence-corrected chi connectivity index (χ2v) is 5.70. The average Bonchev–Trinajstić information content (AvgIpc) is 2.94. The molecule has 7 heteroatoms. The lowest BCUT2D eigenvalue weighted by molar-refractivity contribution is -0.119. The molecule has 1 amide bonds. The van der Waals surface area contributed by atoms with E-state index in [1.807, 2.05) is 37.3 Å². The summed E-state index contributed by atoms with van der Waals surface area (Å²) in [6, 6.07) is 9.82. The molecule has 112 valence electrons. The minimum absolute atomic E-state index is 0.00330. The van der Waals surface area contributed by atoms with Gasteiger partial charge in [-0.25, -0.2) is 0 Å². The van der Waals surface area contributed by atoms with E-state index in [9.17, 15) is 4.79 Å². The summed E-state index contributed by atoms with van der Waals surface area (Å²) in [5.41, 5.74) is 0.879. The van der Waals surface area contributed by atoms with E-state index in [-0.39, 0.29) is 11.9 Å². The molecule has 0 saturated carbocycles. The van der Waals surface area contributed by atoms with Crippen LogP contribution in [-0.2, 0) is 4.79 Å². The van der Waals surface area contributed by atoms with E-state index in [1.165, 1.54) is 11.8 Å². The molecule has 1 heterocycles. The number of rotatable bonds is 7. The fourth-order valence-electron chi connectivity index (χ4n) is 1.95. The second kappa shape index (κ2) is 7.78. The van der Waals surface area contributed by atoms with Crippen molar-refractivity contribution in [3.8, 4) is 5.69 Å². The number of benzene rings is 1. The lowest BCUT2D eigenvalue weighted by atomic mass is 10.2. The van der Waals surface area contributed by atoms with Crippen molar-refractivity contribution in [3.05, 3.63) is 30.3 Å². The first-order chi connectivity index (χ1) is 10.2. The van der Waals surface area contributed by atoms with Crippen LogP contribution in [0.2, 0.25) is 0 Å². The summed E-state index contributed by atoms with van der Waals surface area (Å²) in [4.78, 5) is 11.9. The quantitative estimate of drug-likeness (QED) is 0.793. The van der Waals surface area contributed by atoms with Crippen molar-refractivity contribution in [1.82, 2.24) is 25.5 Å². The number of aromatic nitrogens is 4. The van der Waals surface area contributed by atoms with Gasteiger partial charge in [0.2, 0.25) is 11.1 Å². The minimum Gasteiger partial charge on any atom is -0.353 e. The highest BCUT2D eigenvalue weighted by atomic mass is 32.2. The maximum absolute atomic E-state index is 11.9. The molecule has 6 nitrogen and oxygen atoms in total. The fraction of sp³-hybridized carbons (Fsp3) is 0.429. The van der Waals surface area contributed by atoms with Crippen molar-refractivity contribution in [2.45, 2.75) is 37.9 Å². The Morgan fingerprint density at radius 2 is 2.14 bits per heavy atom. The Kier molecular flexibility index (Phi) is 5.74. The van der Waals surface area contributed by atoms with Crippen LogP contribution in [0.25, 0.3) is 5.69 Å². The highest BCUT2D eigenvalue weighted by Gasteiger charge is 2.12. The summed E-state index contributed by atoms with van der Waals surface area (Å²) in [6.45, 7) is 4.12. The predicted octanol–water partition coefficient (Wildman–Crippen LogP) is 2.06. The van der Waals surface area contributed by atoms with Crippen LogP contribution >= 0.6 is 11.8 Å². The number of thioether (sulfide) groups is 1. The van der Waals surface area contributed by atoms with Gasteiger partial charge in [-0.05, 0) is 35.9 Å². The number of hydrogen-bond acceptors (Lipinski definition) is 5. The Labute approximate surface area is 128 Å². The summed E-state index contributed by atoms with van der Waals surface area (Å²) in [5, 5.41) is 15.2. The van der Waals surface area contributed by atoms with E-state index in [4.69, 9.17) is 0 Å². The van der Waals surface area contributed by atoms with Crippen LogP contribution in [0, 0.1) is 0 Å². The van der Waals surface area contributed by atoms with Gasteiger partial charge < -0.3 is 5.32 Å². The number of hydrogen-bond donors (Lipinski definition) is 1. The second-order valence-electron chi connectivity index (χ2n) is 4.75. The molecule has 0 unspecified atom stereocenters. The lowest BCUT2D eigenvalue weighted by Gasteiger charge is -2.12. The number of nitrogens with zero attached hydrogens (tertiary/aromatic N) is 4. The van der Waals surface area contributed by atoms with Crippen LogP contribution in [0.15, 0.2) is 35.5 Å². The van der Waals surface area contributed by atoms with Crippen molar-refractivity contribution in [2.24, 2.45) is 0 Å². The van der Waals surface area contributed by atoms with Crippen LogP contribution in [-0.4, -0.2) is 37.9 Å². The van der Waals surface area contributed by atoms with Crippen LogP contribution in [0.3, 0.4) is 0 Å². The first-order valence-electron chi connectivity index (χ1n) is 6.96. The van der Waals surface area contributed by atoms with Crippen molar-refractivity contribution in [1.29, 1.82) is 0 Å². The smallest absolute Gasteiger partial charge is 0.230 e. The van der Waals surface area contributed by atoms with Gasteiger partial charge in [-0.3, -0.25) is 4.79 Å². The van der Waals surface area contributed by atoms with Gasteiger partial charge in [0, 0.05) is 6.04 Å². The summed E-state index contributed by atoms with van der Waals surface area (Å²) < 4.78 is 1.63. The molecule has 1 aromatic heterocycles. The molecule has 0 aliphatic carbocycles. The van der Waals surface area contributed by atoms with Crippen LogP contribution < -0.4 is 5.32 Å². The molecular weight excluding hydrogens is 286 g/mol. The van der Waals surface area contributed by atoms with Crippen molar-refractivity contribution in [2.75, 3.05) is 5.75 Å². The molecular formula is C14H19N5OS. The van der Waals surface area contributed by atoms with Gasteiger partial charge in [-0.2, -0.15) is 4.68 Å². The average molecular weight is 305 g/mol. The topological polar surface area (TPSA) is 72.7 Å². The number of tetrazole rings is 1. The van der Waals surface area contributed by atoms with E-state index >= 15 is 0 Å². The highest BCUT2D eigenvalue weighted by Crippen LogP contribution is 2.17. The minimum atomic E-state index is 0.00330. The van der Waals surface area contributed by atoms with Gasteiger partial charge in [0.1, 0.15) is 0 Å². The molecule has 0 radical (unpaired) electrons. The van der Waals surface area contributed by atoms with E-state index in [2.05, 4.69) is 27.8 Å². The summed E-state index contributed by atoms with van der Waals surface area (Å²) >= 11 is 1.33. The Morgan fingerprint density at radius 3 is 2.86 bits per heavy atom. The Bertz CT molecular complexity index is 572. The number of para-hydroxylation sites is 1. The van der Waals surface area contributed by atoms with E-state index in [0.29, 0.717) is 10.9 Å². The SMILES string of the molecule is CCC[C@H](C)NC(=O)CSc1nnnn1-c1ccccc1. The molecule has 0 bridgehead atoms. The molecule has 1 aromatic carbocycles. The number of carbonyl (C=O) groups is 1. The normalized spacial score (nSPS) is 12.1. The lowest BCUT2D eigenvalue weighted by Crippen LogP contribution is -2.33. The summed E-state index contributed by atoms with van der Waals surface area (Å²) in [5.74, 6) is 0.310. The van der Waals surface area contributed by atoms with Gasteiger partial charge in [-0.1, -0.05) is 43.3 Å². The van der Waals surface area contributed by atoms with Crippen LogP contribution in [0.4, 0.5) is 0 Å². The zero-order valence-electron chi connectivity index (χ0n) is 12.2. The summed E-state index contributed by atoms with van der Waals surface area (Å²) in [7, 11) is 0. The molecule has 0 saturated heterocycles. The molecule has 0 aliphatic heterocycles. The van der Waals surface area contributed by atoms with Gasteiger partial charge in [0.15, 0.2) is 0 Å². The number of carbonyl (C=O) groups excluding carboxylic acids is 1. The monoisotopic (exact) mass is 305 g/mol. The molecule has 0 spiro atoms. The van der Waals surface area contributed by atoms with Crippen molar-refractivity contribution in [3.63, 3.8) is 0 Å². The molecule has 1 atom stereocenters. The first-order valence-corrected chi connectivity index (χ1v) is 7.95. The largest absolute Gasteiger partial charge is 0.353 e. The van der Waals surface area contributed by atoms with E-state index in [0.717, 1.165) is 18.5 Å². The maximum Gasteiger partial charge on any atom is 0.230 e. The van der Waals surface area contributed by atoms with Crippen LogP contribution in [0.5, 0.6) is 0 Å².